The first-order valence-electron chi connectivity index (χ1n) is 5.27. The maximum atomic E-state index is 11.3. The van der Waals surface area contributed by atoms with Gasteiger partial charge in [0.1, 0.15) is 0 Å². The minimum Gasteiger partial charge on any atom is -0.383 e. The van der Waals surface area contributed by atoms with Crippen LogP contribution in [-0.4, -0.2) is 59.3 Å². The van der Waals surface area contributed by atoms with E-state index in [9.17, 15) is 8.42 Å². The molecular weight excluding hydrogens is 216 g/mol. The smallest absolute Gasteiger partial charge is 0.153 e. The summed E-state index contributed by atoms with van der Waals surface area (Å²) >= 11 is 0. The number of methoxy groups -OCH3 is 1. The molecule has 15 heavy (non-hydrogen) atoms. The number of hydrogen-bond acceptors (Lipinski definition) is 5. The predicted octanol–water partition coefficient (Wildman–Crippen LogP) is -1.00. The van der Waals surface area contributed by atoms with E-state index < -0.39 is 9.84 Å². The SMILES string of the molecule is COCCNCCC1CS(=O)(=O)CCN1. The number of ether oxygens (including phenoxy) is 1. The summed E-state index contributed by atoms with van der Waals surface area (Å²) < 4.78 is 27.5. The predicted molar refractivity (Wildman–Crippen MR) is 59.8 cm³/mol. The lowest BCUT2D eigenvalue weighted by molar-refractivity contribution is 0.199. The van der Waals surface area contributed by atoms with Crippen molar-refractivity contribution in [3.63, 3.8) is 0 Å². The highest BCUT2D eigenvalue weighted by Gasteiger charge is 2.23. The lowest BCUT2D eigenvalue weighted by atomic mass is 10.2. The van der Waals surface area contributed by atoms with Crippen molar-refractivity contribution in [2.24, 2.45) is 0 Å². The zero-order chi connectivity index (χ0) is 11.1. The van der Waals surface area contributed by atoms with Gasteiger partial charge in [-0.2, -0.15) is 0 Å². The quantitative estimate of drug-likeness (QED) is 0.579. The Labute approximate surface area is 91.5 Å². The fourth-order valence-corrected chi connectivity index (χ4v) is 3.12. The highest BCUT2D eigenvalue weighted by molar-refractivity contribution is 7.91. The van der Waals surface area contributed by atoms with Gasteiger partial charge in [0, 0.05) is 26.2 Å². The van der Waals surface area contributed by atoms with Crippen LogP contribution in [0.25, 0.3) is 0 Å². The van der Waals surface area contributed by atoms with Gasteiger partial charge in [0.05, 0.1) is 18.1 Å². The molecule has 0 aliphatic carbocycles. The Hall–Kier alpha value is -0.170. The molecule has 0 amide bonds. The lowest BCUT2D eigenvalue weighted by Crippen LogP contribution is -2.46. The molecule has 5 nitrogen and oxygen atoms in total. The second-order valence-electron chi connectivity index (χ2n) is 3.80. The second-order valence-corrected chi connectivity index (χ2v) is 6.03. The summed E-state index contributed by atoms with van der Waals surface area (Å²) in [4.78, 5) is 0. The third-order valence-electron chi connectivity index (χ3n) is 2.45. The monoisotopic (exact) mass is 236 g/mol. The Morgan fingerprint density at radius 3 is 2.93 bits per heavy atom. The van der Waals surface area contributed by atoms with Crippen LogP contribution in [0.1, 0.15) is 6.42 Å². The van der Waals surface area contributed by atoms with E-state index in [4.69, 9.17) is 4.74 Å². The minimum absolute atomic E-state index is 0.110. The summed E-state index contributed by atoms with van der Waals surface area (Å²) in [5.41, 5.74) is 0. The zero-order valence-corrected chi connectivity index (χ0v) is 9.98. The van der Waals surface area contributed by atoms with Gasteiger partial charge < -0.3 is 15.4 Å². The van der Waals surface area contributed by atoms with Crippen LogP contribution in [0.5, 0.6) is 0 Å². The molecule has 1 aliphatic heterocycles. The molecule has 1 aliphatic rings. The van der Waals surface area contributed by atoms with Gasteiger partial charge in [0.25, 0.3) is 0 Å². The van der Waals surface area contributed by atoms with Crippen LogP contribution in [0, 0.1) is 0 Å². The highest BCUT2D eigenvalue weighted by Crippen LogP contribution is 2.03. The Morgan fingerprint density at radius 2 is 2.27 bits per heavy atom. The molecule has 2 N–H and O–H groups in total. The van der Waals surface area contributed by atoms with E-state index in [1.54, 1.807) is 7.11 Å². The Kier molecular flexibility index (Phi) is 5.52. The summed E-state index contributed by atoms with van der Waals surface area (Å²) in [6.45, 7) is 2.92. The fourth-order valence-electron chi connectivity index (χ4n) is 1.63. The standard InChI is InChI=1S/C9H20N2O3S/c1-14-6-4-10-3-2-9-8-15(12,13)7-5-11-9/h9-11H,2-8H2,1H3. The molecule has 0 aromatic heterocycles. The molecule has 0 radical (unpaired) electrons. The van der Waals surface area contributed by atoms with E-state index in [2.05, 4.69) is 10.6 Å². The van der Waals surface area contributed by atoms with Crippen LogP contribution in [-0.2, 0) is 14.6 Å². The molecule has 1 saturated heterocycles. The fraction of sp³-hybridized carbons (Fsp3) is 1.00. The topological polar surface area (TPSA) is 67.4 Å². The number of hydrogen-bond donors (Lipinski definition) is 2. The van der Waals surface area contributed by atoms with Gasteiger partial charge in [-0.25, -0.2) is 8.42 Å². The van der Waals surface area contributed by atoms with E-state index in [0.717, 1.165) is 19.5 Å². The van der Waals surface area contributed by atoms with Crippen LogP contribution in [0.2, 0.25) is 0 Å². The van der Waals surface area contributed by atoms with E-state index in [1.165, 1.54) is 0 Å². The van der Waals surface area contributed by atoms with Gasteiger partial charge in [-0.05, 0) is 13.0 Å². The van der Waals surface area contributed by atoms with Gasteiger partial charge in [-0.1, -0.05) is 0 Å². The van der Waals surface area contributed by atoms with Crippen LogP contribution in [0.4, 0.5) is 0 Å². The molecule has 1 unspecified atom stereocenters. The van der Waals surface area contributed by atoms with Crippen LogP contribution >= 0.6 is 0 Å². The van der Waals surface area contributed by atoms with Crippen molar-refractivity contribution in [2.75, 3.05) is 44.9 Å². The van der Waals surface area contributed by atoms with Crippen molar-refractivity contribution in [3.8, 4) is 0 Å². The Balaban J connectivity index is 2.11. The van der Waals surface area contributed by atoms with E-state index >= 15 is 0 Å². The maximum absolute atomic E-state index is 11.3. The Bertz CT molecular complexity index is 267. The first-order chi connectivity index (χ1) is 7.14. The molecule has 6 heteroatoms. The average Bonchev–Trinajstić information content (AvgIpc) is 2.16. The molecule has 90 valence electrons. The van der Waals surface area contributed by atoms with Gasteiger partial charge in [0.15, 0.2) is 9.84 Å². The largest absolute Gasteiger partial charge is 0.383 e. The second kappa shape index (κ2) is 6.42. The molecule has 1 fully saturated rings. The van der Waals surface area contributed by atoms with Gasteiger partial charge in [-0.15, -0.1) is 0 Å². The zero-order valence-electron chi connectivity index (χ0n) is 9.16. The molecule has 0 spiro atoms. The third kappa shape index (κ3) is 5.46. The number of rotatable bonds is 6. The normalized spacial score (nSPS) is 25.3. The molecule has 1 heterocycles. The molecule has 1 rings (SSSR count). The summed E-state index contributed by atoms with van der Waals surface area (Å²) in [6, 6.07) is 0.110. The summed E-state index contributed by atoms with van der Waals surface area (Å²) in [6.07, 6.45) is 0.850. The summed E-state index contributed by atoms with van der Waals surface area (Å²) in [5.74, 6) is 0.555. The summed E-state index contributed by atoms with van der Waals surface area (Å²) in [5, 5.41) is 6.42. The maximum Gasteiger partial charge on any atom is 0.153 e. The first kappa shape index (κ1) is 12.9. The van der Waals surface area contributed by atoms with Crippen LogP contribution in [0.15, 0.2) is 0 Å². The van der Waals surface area contributed by atoms with E-state index in [1.807, 2.05) is 0 Å². The van der Waals surface area contributed by atoms with E-state index in [-0.39, 0.29) is 17.5 Å². The van der Waals surface area contributed by atoms with Gasteiger partial charge in [-0.3, -0.25) is 0 Å². The summed E-state index contributed by atoms with van der Waals surface area (Å²) in [7, 11) is -1.13. The van der Waals surface area contributed by atoms with Crippen molar-refractivity contribution in [3.05, 3.63) is 0 Å². The van der Waals surface area contributed by atoms with Gasteiger partial charge >= 0.3 is 0 Å². The van der Waals surface area contributed by atoms with Gasteiger partial charge in [0.2, 0.25) is 0 Å². The van der Waals surface area contributed by atoms with E-state index in [0.29, 0.717) is 13.2 Å². The van der Waals surface area contributed by atoms with Crippen molar-refractivity contribution in [1.82, 2.24) is 10.6 Å². The van der Waals surface area contributed by atoms with Crippen molar-refractivity contribution in [2.45, 2.75) is 12.5 Å². The third-order valence-corrected chi connectivity index (χ3v) is 4.19. The van der Waals surface area contributed by atoms with Crippen molar-refractivity contribution < 1.29 is 13.2 Å². The van der Waals surface area contributed by atoms with Crippen LogP contribution in [0.3, 0.4) is 0 Å². The number of sulfone groups is 1. The molecule has 0 aromatic carbocycles. The molecular formula is C9H20N2O3S. The molecule has 0 aromatic rings. The molecule has 0 saturated carbocycles. The lowest BCUT2D eigenvalue weighted by Gasteiger charge is -2.23. The molecule has 0 bridgehead atoms. The average molecular weight is 236 g/mol. The van der Waals surface area contributed by atoms with Crippen LogP contribution < -0.4 is 10.6 Å². The minimum atomic E-state index is -2.79. The van der Waals surface area contributed by atoms with Crippen molar-refractivity contribution >= 4 is 9.84 Å². The first-order valence-corrected chi connectivity index (χ1v) is 7.09. The Morgan fingerprint density at radius 1 is 1.47 bits per heavy atom. The molecule has 1 atom stereocenters. The number of nitrogens with one attached hydrogen (secondary N) is 2. The van der Waals surface area contributed by atoms with Crippen molar-refractivity contribution in [1.29, 1.82) is 0 Å². The highest BCUT2D eigenvalue weighted by atomic mass is 32.2.